The van der Waals surface area contributed by atoms with Crippen molar-refractivity contribution in [2.24, 2.45) is 0 Å². The molecule has 0 rings (SSSR count). The lowest BCUT2D eigenvalue weighted by molar-refractivity contribution is -0.154. The van der Waals surface area contributed by atoms with Gasteiger partial charge in [-0.05, 0) is 27.8 Å². The van der Waals surface area contributed by atoms with Crippen molar-refractivity contribution in [2.75, 3.05) is 20.1 Å². The Morgan fingerprint density at radius 1 is 1.20 bits per heavy atom. The zero-order chi connectivity index (χ0) is 11.9. The van der Waals surface area contributed by atoms with Gasteiger partial charge >= 0.3 is 5.97 Å². The van der Waals surface area contributed by atoms with Gasteiger partial charge in [0.15, 0.2) is 0 Å². The predicted molar refractivity (Wildman–Crippen MR) is 55.9 cm³/mol. The Morgan fingerprint density at radius 2 is 1.80 bits per heavy atom. The Morgan fingerprint density at radius 3 is 2.27 bits per heavy atom. The van der Waals surface area contributed by atoms with Gasteiger partial charge in [-0.1, -0.05) is 0 Å². The Balaban J connectivity index is 3.67. The summed E-state index contributed by atoms with van der Waals surface area (Å²) >= 11 is 0. The molecular formula is C9H19N3O3. The maximum atomic E-state index is 11.2. The van der Waals surface area contributed by atoms with E-state index in [1.54, 1.807) is 27.8 Å². The molecule has 0 aliphatic carbocycles. The van der Waals surface area contributed by atoms with Crippen molar-refractivity contribution in [3.63, 3.8) is 0 Å². The molecule has 0 bridgehead atoms. The summed E-state index contributed by atoms with van der Waals surface area (Å²) in [6, 6.07) is 0. The lowest BCUT2D eigenvalue weighted by atomic mass is 10.2. The third kappa shape index (κ3) is 9.17. The van der Waals surface area contributed by atoms with Crippen molar-refractivity contribution in [1.29, 1.82) is 0 Å². The van der Waals surface area contributed by atoms with Gasteiger partial charge in [0, 0.05) is 0 Å². The van der Waals surface area contributed by atoms with Crippen LogP contribution in [-0.2, 0) is 14.3 Å². The summed E-state index contributed by atoms with van der Waals surface area (Å²) in [5.41, 5.74) is 4.68. The van der Waals surface area contributed by atoms with Crippen LogP contribution in [0.25, 0.3) is 0 Å². The van der Waals surface area contributed by atoms with E-state index in [0.29, 0.717) is 0 Å². The minimum Gasteiger partial charge on any atom is -0.459 e. The second-order valence-electron chi connectivity index (χ2n) is 3.97. The highest BCUT2D eigenvalue weighted by Crippen LogP contribution is 2.05. The number of nitrogens with one attached hydrogen (secondary N) is 3. The van der Waals surface area contributed by atoms with Crippen LogP contribution in [0.4, 0.5) is 0 Å². The van der Waals surface area contributed by atoms with Crippen LogP contribution in [-0.4, -0.2) is 37.6 Å². The molecule has 1 amide bonds. The van der Waals surface area contributed by atoms with Gasteiger partial charge in [-0.15, -0.1) is 0 Å². The fourth-order valence-corrected chi connectivity index (χ4v) is 0.780. The van der Waals surface area contributed by atoms with Gasteiger partial charge in [0.25, 0.3) is 0 Å². The van der Waals surface area contributed by atoms with Crippen LogP contribution < -0.4 is 16.2 Å². The molecule has 0 radical (unpaired) electrons. The summed E-state index contributed by atoms with van der Waals surface area (Å²) in [6.07, 6.45) is 0. The quantitative estimate of drug-likeness (QED) is 0.414. The standard InChI is InChI=1S/C9H19N3O3/c1-9(2,3)15-8(14)6-11-7(13)5-12-10-4/h10,12H,5-6H2,1-4H3,(H,11,13). The molecule has 88 valence electrons. The van der Waals surface area contributed by atoms with Crippen LogP contribution in [0.3, 0.4) is 0 Å². The molecule has 0 aromatic carbocycles. The Kier molecular flexibility index (Phi) is 5.88. The Bertz CT molecular complexity index is 223. The number of amides is 1. The molecule has 0 aliphatic heterocycles. The third-order valence-electron chi connectivity index (χ3n) is 1.28. The fraction of sp³-hybridized carbons (Fsp3) is 0.778. The first-order chi connectivity index (χ1) is 6.85. The molecule has 0 aliphatic rings. The van der Waals surface area contributed by atoms with Crippen LogP contribution in [0.15, 0.2) is 0 Å². The van der Waals surface area contributed by atoms with E-state index >= 15 is 0 Å². The Hall–Kier alpha value is -1.14. The average molecular weight is 217 g/mol. The molecule has 0 aromatic heterocycles. The fourth-order valence-electron chi connectivity index (χ4n) is 0.780. The van der Waals surface area contributed by atoms with Gasteiger partial charge < -0.3 is 10.1 Å². The SMILES string of the molecule is CNNCC(=O)NCC(=O)OC(C)(C)C. The van der Waals surface area contributed by atoms with Crippen LogP contribution >= 0.6 is 0 Å². The summed E-state index contributed by atoms with van der Waals surface area (Å²) in [7, 11) is 1.65. The second-order valence-corrected chi connectivity index (χ2v) is 3.97. The molecule has 3 N–H and O–H groups in total. The van der Waals surface area contributed by atoms with Crippen LogP contribution in [0.5, 0.6) is 0 Å². The number of carbonyl (C=O) groups excluding carboxylic acids is 2. The topological polar surface area (TPSA) is 79.5 Å². The largest absolute Gasteiger partial charge is 0.459 e. The number of rotatable bonds is 5. The van der Waals surface area contributed by atoms with Gasteiger partial charge in [-0.2, -0.15) is 0 Å². The third-order valence-corrected chi connectivity index (χ3v) is 1.28. The van der Waals surface area contributed by atoms with Gasteiger partial charge in [-0.25, -0.2) is 5.43 Å². The molecule has 6 nitrogen and oxygen atoms in total. The molecule has 6 heteroatoms. The van der Waals surface area contributed by atoms with Gasteiger partial charge in [0.2, 0.25) is 5.91 Å². The van der Waals surface area contributed by atoms with Crippen molar-refractivity contribution >= 4 is 11.9 Å². The zero-order valence-electron chi connectivity index (χ0n) is 9.64. The Labute approximate surface area is 89.7 Å². The average Bonchev–Trinajstić information content (AvgIpc) is 2.08. The van der Waals surface area contributed by atoms with Crippen LogP contribution in [0.2, 0.25) is 0 Å². The maximum Gasteiger partial charge on any atom is 0.325 e. The molecule has 0 saturated carbocycles. The van der Waals surface area contributed by atoms with Crippen molar-refractivity contribution in [3.8, 4) is 0 Å². The minimum absolute atomic E-state index is 0.110. The van der Waals surface area contributed by atoms with Crippen LogP contribution in [0.1, 0.15) is 20.8 Å². The first-order valence-electron chi connectivity index (χ1n) is 4.73. The summed E-state index contributed by atoms with van der Waals surface area (Å²) in [4.78, 5) is 22.2. The monoisotopic (exact) mass is 217 g/mol. The number of esters is 1. The normalized spacial score (nSPS) is 10.9. The second kappa shape index (κ2) is 6.36. The number of ether oxygens (including phenoxy) is 1. The first-order valence-corrected chi connectivity index (χ1v) is 4.73. The molecule has 0 fully saturated rings. The number of hydrazine groups is 1. The van der Waals surface area contributed by atoms with E-state index in [1.165, 1.54) is 0 Å². The molecule has 0 saturated heterocycles. The molecule has 15 heavy (non-hydrogen) atoms. The van der Waals surface area contributed by atoms with Crippen LogP contribution in [0, 0.1) is 0 Å². The minimum atomic E-state index is -0.523. The predicted octanol–water partition coefficient (Wildman–Crippen LogP) is -0.832. The van der Waals surface area contributed by atoms with E-state index < -0.39 is 11.6 Å². The number of carbonyl (C=O) groups is 2. The summed E-state index contributed by atoms with van der Waals surface area (Å²) < 4.78 is 5.00. The first kappa shape index (κ1) is 13.9. The van der Waals surface area contributed by atoms with Gasteiger partial charge in [-0.3, -0.25) is 15.0 Å². The number of hydrogen-bond donors (Lipinski definition) is 3. The highest BCUT2D eigenvalue weighted by molar-refractivity contribution is 5.83. The molecule has 0 atom stereocenters. The number of hydrogen-bond acceptors (Lipinski definition) is 5. The highest BCUT2D eigenvalue weighted by atomic mass is 16.6. The highest BCUT2D eigenvalue weighted by Gasteiger charge is 2.16. The van der Waals surface area contributed by atoms with E-state index in [1.807, 2.05) is 0 Å². The van der Waals surface area contributed by atoms with E-state index in [2.05, 4.69) is 16.2 Å². The summed E-state index contributed by atoms with van der Waals surface area (Å²) in [5, 5.41) is 2.42. The van der Waals surface area contributed by atoms with Crippen molar-refractivity contribution in [3.05, 3.63) is 0 Å². The summed E-state index contributed by atoms with van der Waals surface area (Å²) in [5.74, 6) is -0.712. The van der Waals surface area contributed by atoms with Gasteiger partial charge in [0.05, 0.1) is 6.54 Å². The molecular weight excluding hydrogens is 198 g/mol. The van der Waals surface area contributed by atoms with E-state index in [9.17, 15) is 9.59 Å². The lowest BCUT2D eigenvalue weighted by Gasteiger charge is -2.19. The summed E-state index contributed by atoms with van der Waals surface area (Å²) in [6.45, 7) is 5.32. The van der Waals surface area contributed by atoms with E-state index in [4.69, 9.17) is 4.74 Å². The lowest BCUT2D eigenvalue weighted by Crippen LogP contribution is -2.42. The van der Waals surface area contributed by atoms with Crippen molar-refractivity contribution < 1.29 is 14.3 Å². The molecule has 0 heterocycles. The molecule has 0 aromatic rings. The van der Waals surface area contributed by atoms with Gasteiger partial charge in [0.1, 0.15) is 12.1 Å². The molecule has 0 spiro atoms. The van der Waals surface area contributed by atoms with Crippen molar-refractivity contribution in [1.82, 2.24) is 16.2 Å². The molecule has 0 unspecified atom stereocenters. The smallest absolute Gasteiger partial charge is 0.325 e. The van der Waals surface area contributed by atoms with E-state index in [-0.39, 0.29) is 19.0 Å². The zero-order valence-corrected chi connectivity index (χ0v) is 9.64. The van der Waals surface area contributed by atoms with E-state index in [0.717, 1.165) is 0 Å². The van der Waals surface area contributed by atoms with Crippen molar-refractivity contribution in [2.45, 2.75) is 26.4 Å². The maximum absolute atomic E-state index is 11.2.